The van der Waals surface area contributed by atoms with E-state index in [0.29, 0.717) is 18.8 Å². The summed E-state index contributed by atoms with van der Waals surface area (Å²) in [7, 11) is -3.83. The van der Waals surface area contributed by atoms with E-state index in [4.69, 9.17) is 15.3 Å². The van der Waals surface area contributed by atoms with Gasteiger partial charge in [0.05, 0.1) is 24.2 Å². The molecule has 2 rings (SSSR count). The number of furan rings is 1. The van der Waals surface area contributed by atoms with Crippen LogP contribution in [-0.2, 0) is 16.6 Å². The van der Waals surface area contributed by atoms with Crippen LogP contribution < -0.4 is 15.8 Å². The van der Waals surface area contributed by atoms with Gasteiger partial charge in [0, 0.05) is 6.54 Å². The Balaban J connectivity index is 2.40. The average Bonchev–Trinajstić information content (AvgIpc) is 2.88. The quantitative estimate of drug-likeness (QED) is 0.814. The van der Waals surface area contributed by atoms with Crippen LogP contribution in [-0.4, -0.2) is 15.0 Å². The molecule has 0 unspecified atom stereocenters. The Morgan fingerprint density at radius 1 is 1.25 bits per heavy atom. The second kappa shape index (κ2) is 5.56. The molecule has 0 fully saturated rings. The van der Waals surface area contributed by atoms with Crippen molar-refractivity contribution < 1.29 is 12.8 Å². The summed E-state index contributed by atoms with van der Waals surface area (Å²) < 4.78 is 28.3. The summed E-state index contributed by atoms with van der Waals surface area (Å²) in [4.78, 5) is 1.86. The van der Waals surface area contributed by atoms with Gasteiger partial charge in [-0.15, -0.1) is 0 Å². The number of benzene rings is 1. The SMILES string of the molecule is CCN(Cc1ccco1)c1cccc(S(N)(=O)=O)c1N. The van der Waals surface area contributed by atoms with Crippen LogP contribution in [0.4, 0.5) is 11.4 Å². The number of primary sulfonamides is 1. The highest BCUT2D eigenvalue weighted by Gasteiger charge is 2.18. The van der Waals surface area contributed by atoms with E-state index in [1.807, 2.05) is 17.9 Å². The fourth-order valence-electron chi connectivity index (χ4n) is 2.01. The number of nitrogens with zero attached hydrogens (tertiary/aromatic N) is 1. The summed E-state index contributed by atoms with van der Waals surface area (Å²) in [6.07, 6.45) is 1.59. The minimum absolute atomic E-state index is 0.0621. The Bertz CT molecular complexity index is 681. The van der Waals surface area contributed by atoms with E-state index >= 15 is 0 Å². The number of rotatable bonds is 5. The molecule has 0 aliphatic carbocycles. The van der Waals surface area contributed by atoms with Crippen molar-refractivity contribution in [3.05, 3.63) is 42.4 Å². The van der Waals surface area contributed by atoms with E-state index in [2.05, 4.69) is 0 Å². The molecule has 0 spiro atoms. The van der Waals surface area contributed by atoms with Crippen molar-refractivity contribution in [2.75, 3.05) is 17.2 Å². The first-order chi connectivity index (χ1) is 9.43. The van der Waals surface area contributed by atoms with E-state index in [1.54, 1.807) is 24.5 Å². The number of nitrogens with two attached hydrogens (primary N) is 2. The first kappa shape index (κ1) is 14.4. The predicted molar refractivity (Wildman–Crippen MR) is 77.7 cm³/mol. The van der Waals surface area contributed by atoms with Gasteiger partial charge in [0.25, 0.3) is 0 Å². The Labute approximate surface area is 118 Å². The summed E-state index contributed by atoms with van der Waals surface area (Å²) in [6, 6.07) is 8.43. The monoisotopic (exact) mass is 295 g/mol. The van der Waals surface area contributed by atoms with Gasteiger partial charge in [0.15, 0.2) is 0 Å². The number of hydrogen-bond donors (Lipinski definition) is 2. The first-order valence-corrected chi connectivity index (χ1v) is 7.66. The number of anilines is 2. The maximum atomic E-state index is 11.5. The highest BCUT2D eigenvalue weighted by Crippen LogP contribution is 2.30. The van der Waals surface area contributed by atoms with Gasteiger partial charge in [-0.3, -0.25) is 0 Å². The van der Waals surface area contributed by atoms with Crippen LogP contribution in [0.15, 0.2) is 45.9 Å². The maximum absolute atomic E-state index is 11.5. The maximum Gasteiger partial charge on any atom is 0.240 e. The standard InChI is InChI=1S/C13H17N3O3S/c1-2-16(9-10-5-4-8-19-10)11-6-3-7-12(13(11)14)20(15,17)18/h3-8H,2,9,14H2,1H3,(H2,15,17,18). The lowest BCUT2D eigenvalue weighted by Crippen LogP contribution is -2.24. The number of para-hydroxylation sites is 1. The smallest absolute Gasteiger partial charge is 0.240 e. The van der Waals surface area contributed by atoms with Gasteiger partial charge in [-0.25, -0.2) is 13.6 Å². The van der Waals surface area contributed by atoms with Crippen LogP contribution in [0.1, 0.15) is 12.7 Å². The summed E-state index contributed by atoms with van der Waals surface area (Å²) in [6.45, 7) is 3.10. The lowest BCUT2D eigenvalue weighted by molar-refractivity contribution is 0.504. The number of hydrogen-bond acceptors (Lipinski definition) is 5. The molecule has 0 saturated heterocycles. The van der Waals surface area contributed by atoms with E-state index in [1.165, 1.54) is 6.07 Å². The summed E-state index contributed by atoms with van der Waals surface area (Å²) in [5.41, 5.74) is 6.72. The minimum Gasteiger partial charge on any atom is -0.467 e. The van der Waals surface area contributed by atoms with Crippen molar-refractivity contribution in [2.45, 2.75) is 18.4 Å². The summed E-state index contributed by atoms with van der Waals surface area (Å²) >= 11 is 0. The van der Waals surface area contributed by atoms with Gasteiger partial charge in [-0.05, 0) is 31.2 Å². The van der Waals surface area contributed by atoms with Crippen molar-refractivity contribution in [1.29, 1.82) is 0 Å². The van der Waals surface area contributed by atoms with E-state index in [-0.39, 0.29) is 10.6 Å². The average molecular weight is 295 g/mol. The molecular formula is C13H17N3O3S. The van der Waals surface area contributed by atoms with Crippen molar-refractivity contribution >= 4 is 21.4 Å². The van der Waals surface area contributed by atoms with Gasteiger partial charge in [0.2, 0.25) is 10.0 Å². The molecule has 0 radical (unpaired) electrons. The molecule has 1 aromatic heterocycles. The van der Waals surface area contributed by atoms with E-state index in [0.717, 1.165) is 5.76 Å². The highest BCUT2D eigenvalue weighted by molar-refractivity contribution is 7.89. The van der Waals surface area contributed by atoms with Gasteiger partial charge >= 0.3 is 0 Å². The van der Waals surface area contributed by atoms with Crippen molar-refractivity contribution in [2.24, 2.45) is 5.14 Å². The molecular weight excluding hydrogens is 278 g/mol. The normalized spacial score (nSPS) is 11.5. The third-order valence-corrected chi connectivity index (χ3v) is 3.97. The second-order valence-electron chi connectivity index (χ2n) is 4.33. The van der Waals surface area contributed by atoms with Crippen LogP contribution in [0.5, 0.6) is 0 Å². The number of sulfonamides is 1. The Kier molecular flexibility index (Phi) is 4.01. The largest absolute Gasteiger partial charge is 0.467 e. The molecule has 2 aromatic rings. The zero-order valence-electron chi connectivity index (χ0n) is 11.1. The molecule has 0 atom stereocenters. The molecule has 0 aliphatic rings. The topological polar surface area (TPSA) is 103 Å². The lowest BCUT2D eigenvalue weighted by Gasteiger charge is -2.24. The second-order valence-corrected chi connectivity index (χ2v) is 5.86. The van der Waals surface area contributed by atoms with Crippen molar-refractivity contribution in [3.8, 4) is 0 Å². The van der Waals surface area contributed by atoms with Gasteiger partial charge in [-0.1, -0.05) is 6.07 Å². The molecule has 0 aliphatic heterocycles. The van der Waals surface area contributed by atoms with Crippen LogP contribution in [0.2, 0.25) is 0 Å². The molecule has 0 bridgehead atoms. The van der Waals surface area contributed by atoms with Crippen LogP contribution in [0.3, 0.4) is 0 Å². The number of nitrogen functional groups attached to an aromatic ring is 1. The molecule has 1 heterocycles. The fourth-order valence-corrected chi connectivity index (χ4v) is 2.69. The Morgan fingerprint density at radius 3 is 2.55 bits per heavy atom. The fraction of sp³-hybridized carbons (Fsp3) is 0.231. The lowest BCUT2D eigenvalue weighted by atomic mass is 10.2. The summed E-state index contributed by atoms with van der Waals surface area (Å²) in [5.74, 6) is 0.771. The van der Waals surface area contributed by atoms with Gasteiger partial charge in [-0.2, -0.15) is 0 Å². The summed E-state index contributed by atoms with van der Waals surface area (Å²) in [5, 5.41) is 5.16. The van der Waals surface area contributed by atoms with Crippen LogP contribution >= 0.6 is 0 Å². The molecule has 0 amide bonds. The van der Waals surface area contributed by atoms with E-state index in [9.17, 15) is 8.42 Å². The molecule has 1 aromatic carbocycles. The first-order valence-electron chi connectivity index (χ1n) is 6.12. The molecule has 7 heteroatoms. The molecule has 20 heavy (non-hydrogen) atoms. The van der Waals surface area contributed by atoms with Crippen LogP contribution in [0, 0.1) is 0 Å². The molecule has 6 nitrogen and oxygen atoms in total. The third-order valence-electron chi connectivity index (χ3n) is 3.00. The minimum atomic E-state index is -3.83. The van der Waals surface area contributed by atoms with E-state index < -0.39 is 10.0 Å². The predicted octanol–water partition coefficient (Wildman–Crippen LogP) is 1.54. The molecule has 4 N–H and O–H groups in total. The van der Waals surface area contributed by atoms with Crippen molar-refractivity contribution in [1.82, 2.24) is 0 Å². The van der Waals surface area contributed by atoms with Crippen LogP contribution in [0.25, 0.3) is 0 Å². The Hall–Kier alpha value is -1.99. The zero-order chi connectivity index (χ0) is 14.8. The van der Waals surface area contributed by atoms with Crippen molar-refractivity contribution in [3.63, 3.8) is 0 Å². The third kappa shape index (κ3) is 2.94. The molecule has 0 saturated carbocycles. The zero-order valence-corrected chi connectivity index (χ0v) is 11.9. The highest BCUT2D eigenvalue weighted by atomic mass is 32.2. The molecule has 108 valence electrons. The Morgan fingerprint density at radius 2 is 2.00 bits per heavy atom. The van der Waals surface area contributed by atoms with Gasteiger partial charge in [0.1, 0.15) is 10.7 Å². The van der Waals surface area contributed by atoms with Gasteiger partial charge < -0.3 is 15.1 Å².